The first-order valence-corrected chi connectivity index (χ1v) is 9.86. The van der Waals surface area contributed by atoms with Crippen LogP contribution in [0.3, 0.4) is 0 Å². The van der Waals surface area contributed by atoms with Crippen LogP contribution in [0.2, 0.25) is 0 Å². The number of carbonyl (C=O) groups is 2. The van der Waals surface area contributed by atoms with E-state index in [4.69, 9.17) is 9.47 Å². The van der Waals surface area contributed by atoms with Gasteiger partial charge in [-0.25, -0.2) is 4.79 Å². The summed E-state index contributed by atoms with van der Waals surface area (Å²) >= 11 is 1.36. The van der Waals surface area contributed by atoms with Gasteiger partial charge in [-0.3, -0.25) is 4.79 Å². The van der Waals surface area contributed by atoms with E-state index in [9.17, 15) is 9.59 Å². The normalized spacial score (nSPS) is 15.3. The Hall–Kier alpha value is -2.38. The van der Waals surface area contributed by atoms with Crippen molar-refractivity contribution in [3.05, 3.63) is 41.3 Å². The number of methoxy groups -OCH3 is 1. The number of nitrogens with zero attached hydrogens (tertiary/aromatic N) is 1. The first-order valence-electron chi connectivity index (χ1n) is 9.04. The van der Waals surface area contributed by atoms with E-state index in [0.717, 1.165) is 10.4 Å². The number of morpholine rings is 1. The molecule has 0 radical (unpaired) electrons. The van der Waals surface area contributed by atoms with Crippen molar-refractivity contribution in [3.63, 3.8) is 0 Å². The van der Waals surface area contributed by atoms with Gasteiger partial charge in [0.05, 0.1) is 26.0 Å². The summed E-state index contributed by atoms with van der Waals surface area (Å²) in [5, 5.41) is 3.28. The number of thiophene rings is 1. The van der Waals surface area contributed by atoms with Gasteiger partial charge in [0, 0.05) is 18.0 Å². The van der Waals surface area contributed by atoms with E-state index in [1.54, 1.807) is 0 Å². The van der Waals surface area contributed by atoms with Crippen LogP contribution in [0.4, 0.5) is 5.69 Å². The Kier molecular flexibility index (Phi) is 6.47. The first kappa shape index (κ1) is 19.4. The fourth-order valence-electron chi connectivity index (χ4n) is 3.02. The van der Waals surface area contributed by atoms with Crippen LogP contribution in [0.5, 0.6) is 0 Å². The van der Waals surface area contributed by atoms with Gasteiger partial charge in [-0.15, -0.1) is 11.3 Å². The second-order valence-electron chi connectivity index (χ2n) is 6.25. The molecule has 1 aliphatic heterocycles. The van der Waals surface area contributed by atoms with Crippen molar-refractivity contribution in [1.29, 1.82) is 0 Å². The van der Waals surface area contributed by atoms with Crippen molar-refractivity contribution in [3.8, 4) is 10.4 Å². The minimum absolute atomic E-state index is 0.0316. The molecule has 1 aromatic carbocycles. The Morgan fingerprint density at radius 1 is 1.26 bits per heavy atom. The molecule has 1 amide bonds. The van der Waals surface area contributed by atoms with E-state index < -0.39 is 12.0 Å². The molecule has 1 unspecified atom stereocenters. The van der Waals surface area contributed by atoms with E-state index in [2.05, 4.69) is 5.32 Å². The molecule has 27 heavy (non-hydrogen) atoms. The Labute approximate surface area is 163 Å². The summed E-state index contributed by atoms with van der Waals surface area (Å²) < 4.78 is 10.3. The van der Waals surface area contributed by atoms with Crippen molar-refractivity contribution >= 4 is 28.9 Å². The van der Waals surface area contributed by atoms with Crippen molar-refractivity contribution in [1.82, 2.24) is 4.90 Å². The maximum absolute atomic E-state index is 12.9. The number of hydrogen-bond acceptors (Lipinski definition) is 6. The highest BCUT2D eigenvalue weighted by Gasteiger charge is 2.27. The molecule has 1 aromatic heterocycles. The monoisotopic (exact) mass is 388 g/mol. The average molecular weight is 388 g/mol. The predicted molar refractivity (Wildman–Crippen MR) is 106 cm³/mol. The Morgan fingerprint density at radius 2 is 1.96 bits per heavy atom. The van der Waals surface area contributed by atoms with E-state index in [1.807, 2.05) is 48.2 Å². The fourth-order valence-corrected chi connectivity index (χ4v) is 4.06. The summed E-state index contributed by atoms with van der Waals surface area (Å²) in [6.07, 6.45) is 0.618. The largest absolute Gasteiger partial charge is 0.465 e. The standard InChI is InChI=1S/C20H24N2O4S/c1-3-15(19(23)22-9-11-26-12-10-22)21-16-13-17(14-7-5-4-6-8-14)27-18(16)20(24)25-2/h4-8,13,15,21H,3,9-12H2,1-2H3. The number of benzene rings is 1. The zero-order valence-corrected chi connectivity index (χ0v) is 16.4. The minimum Gasteiger partial charge on any atom is -0.465 e. The molecule has 3 rings (SSSR count). The number of hydrogen-bond donors (Lipinski definition) is 1. The molecule has 1 aliphatic rings. The zero-order valence-electron chi connectivity index (χ0n) is 15.6. The summed E-state index contributed by atoms with van der Waals surface area (Å²) in [6.45, 7) is 4.27. The molecular formula is C20H24N2O4S. The molecule has 1 saturated heterocycles. The third-order valence-corrected chi connectivity index (χ3v) is 5.68. The molecule has 2 heterocycles. The Morgan fingerprint density at radius 3 is 2.59 bits per heavy atom. The molecule has 6 nitrogen and oxygen atoms in total. The highest BCUT2D eigenvalue weighted by molar-refractivity contribution is 7.18. The average Bonchev–Trinajstić information content (AvgIpc) is 3.16. The topological polar surface area (TPSA) is 67.9 Å². The van der Waals surface area contributed by atoms with Gasteiger partial charge in [0.1, 0.15) is 10.9 Å². The van der Waals surface area contributed by atoms with Crippen molar-refractivity contribution in [2.24, 2.45) is 0 Å². The number of rotatable bonds is 6. The molecule has 1 fully saturated rings. The number of amides is 1. The molecular weight excluding hydrogens is 364 g/mol. The summed E-state index contributed by atoms with van der Waals surface area (Å²) in [5.74, 6) is -0.373. The van der Waals surface area contributed by atoms with Crippen LogP contribution in [-0.4, -0.2) is 56.2 Å². The van der Waals surface area contributed by atoms with Crippen molar-refractivity contribution < 1.29 is 19.1 Å². The lowest BCUT2D eigenvalue weighted by Crippen LogP contribution is -2.47. The van der Waals surface area contributed by atoms with Gasteiger partial charge in [0.15, 0.2) is 0 Å². The predicted octanol–water partition coefficient (Wildman–Crippen LogP) is 3.25. The smallest absolute Gasteiger partial charge is 0.350 e. The van der Waals surface area contributed by atoms with Gasteiger partial charge in [0.25, 0.3) is 0 Å². The maximum atomic E-state index is 12.9. The quantitative estimate of drug-likeness (QED) is 0.770. The fraction of sp³-hybridized carbons (Fsp3) is 0.400. The van der Waals surface area contributed by atoms with Gasteiger partial charge >= 0.3 is 5.97 Å². The summed E-state index contributed by atoms with van der Waals surface area (Å²) in [4.78, 5) is 28.4. The SMILES string of the molecule is CCC(Nc1cc(-c2ccccc2)sc1C(=O)OC)C(=O)N1CCOCC1. The Balaban J connectivity index is 1.86. The van der Waals surface area contributed by atoms with E-state index >= 15 is 0 Å². The lowest BCUT2D eigenvalue weighted by Gasteiger charge is -2.30. The van der Waals surface area contributed by atoms with E-state index in [-0.39, 0.29) is 5.91 Å². The van der Waals surface area contributed by atoms with Gasteiger partial charge in [-0.2, -0.15) is 0 Å². The Bertz CT molecular complexity index is 785. The molecule has 7 heteroatoms. The van der Waals surface area contributed by atoms with Crippen molar-refractivity contribution in [2.75, 3.05) is 38.7 Å². The molecule has 1 atom stereocenters. The third kappa shape index (κ3) is 4.48. The minimum atomic E-state index is -0.404. The molecule has 0 spiro atoms. The van der Waals surface area contributed by atoms with Crippen LogP contribution in [0.15, 0.2) is 36.4 Å². The van der Waals surface area contributed by atoms with Gasteiger partial charge in [0.2, 0.25) is 5.91 Å². The number of anilines is 1. The van der Waals surface area contributed by atoms with Gasteiger partial charge < -0.3 is 19.7 Å². The number of ether oxygens (including phenoxy) is 2. The highest BCUT2D eigenvalue weighted by atomic mass is 32.1. The van der Waals surface area contributed by atoms with Crippen LogP contribution in [0, 0.1) is 0 Å². The highest BCUT2D eigenvalue weighted by Crippen LogP contribution is 2.35. The van der Waals surface area contributed by atoms with Crippen LogP contribution >= 0.6 is 11.3 Å². The lowest BCUT2D eigenvalue weighted by atomic mass is 10.1. The molecule has 0 bridgehead atoms. The van der Waals surface area contributed by atoms with Crippen LogP contribution in [0.25, 0.3) is 10.4 Å². The molecule has 144 valence electrons. The van der Waals surface area contributed by atoms with Crippen LogP contribution < -0.4 is 5.32 Å². The zero-order chi connectivity index (χ0) is 19.2. The number of nitrogens with one attached hydrogen (secondary N) is 1. The summed E-state index contributed by atoms with van der Waals surface area (Å²) in [6, 6.07) is 11.4. The number of esters is 1. The van der Waals surface area contributed by atoms with E-state index in [1.165, 1.54) is 18.4 Å². The van der Waals surface area contributed by atoms with Gasteiger partial charge in [-0.1, -0.05) is 37.3 Å². The second-order valence-corrected chi connectivity index (χ2v) is 7.31. The van der Waals surface area contributed by atoms with Crippen LogP contribution in [-0.2, 0) is 14.3 Å². The van der Waals surface area contributed by atoms with E-state index in [0.29, 0.717) is 43.3 Å². The molecule has 0 aliphatic carbocycles. The third-order valence-electron chi connectivity index (χ3n) is 4.52. The second kappa shape index (κ2) is 9.01. The maximum Gasteiger partial charge on any atom is 0.350 e. The molecule has 1 N–H and O–H groups in total. The lowest BCUT2D eigenvalue weighted by molar-refractivity contribution is -0.136. The van der Waals surface area contributed by atoms with Gasteiger partial charge in [-0.05, 0) is 18.1 Å². The first-order chi connectivity index (χ1) is 13.1. The van der Waals surface area contributed by atoms with Crippen molar-refractivity contribution in [2.45, 2.75) is 19.4 Å². The summed E-state index contributed by atoms with van der Waals surface area (Å²) in [7, 11) is 1.37. The molecule has 2 aromatic rings. The number of carbonyl (C=O) groups excluding carboxylic acids is 2. The van der Waals surface area contributed by atoms with Crippen LogP contribution in [0.1, 0.15) is 23.0 Å². The molecule has 0 saturated carbocycles. The summed E-state index contributed by atoms with van der Waals surface area (Å²) in [5.41, 5.74) is 1.66.